The van der Waals surface area contributed by atoms with Crippen LogP contribution < -0.4 is 10.6 Å². The summed E-state index contributed by atoms with van der Waals surface area (Å²) in [5.41, 5.74) is -0.0146. The molecule has 1 aliphatic rings. The molecule has 1 aliphatic carbocycles. The topological polar surface area (TPSA) is 114 Å². The van der Waals surface area contributed by atoms with E-state index in [2.05, 4.69) is 30.7 Å². The Labute approximate surface area is 222 Å². The molecule has 3 heterocycles. The van der Waals surface area contributed by atoms with Crippen molar-refractivity contribution < 1.29 is 40.3 Å². The van der Waals surface area contributed by atoms with E-state index in [1.165, 1.54) is 23.0 Å². The van der Waals surface area contributed by atoms with Crippen molar-refractivity contribution in [1.82, 2.24) is 35.2 Å². The van der Waals surface area contributed by atoms with Crippen LogP contribution in [0.25, 0.3) is 5.65 Å². The van der Waals surface area contributed by atoms with Gasteiger partial charge in [-0.05, 0) is 36.5 Å². The van der Waals surface area contributed by atoms with E-state index in [0.29, 0.717) is 5.56 Å². The monoisotopic (exact) mass is 575 g/mol. The van der Waals surface area contributed by atoms with E-state index in [4.69, 9.17) is 0 Å². The molecule has 3 aromatic heterocycles. The van der Waals surface area contributed by atoms with E-state index in [0.717, 1.165) is 12.4 Å². The molecular weight excluding hydrogens is 551 g/mol. The quantitative estimate of drug-likeness (QED) is 0.357. The second-order valence-electron chi connectivity index (χ2n) is 9.50. The summed E-state index contributed by atoms with van der Waals surface area (Å²) in [7, 11) is 0. The number of aromatic nitrogens is 5. The van der Waals surface area contributed by atoms with Crippen LogP contribution in [0.3, 0.4) is 0 Å². The molecule has 0 spiro atoms. The fourth-order valence-electron chi connectivity index (χ4n) is 4.39. The molecule has 4 rings (SSSR count). The Hall–Kier alpha value is -3.85. The molecule has 40 heavy (non-hydrogen) atoms. The molecule has 1 saturated carbocycles. The number of nitrogens with zero attached hydrogens (tertiary/aromatic N) is 5. The van der Waals surface area contributed by atoms with Crippen LogP contribution in [0.5, 0.6) is 0 Å². The maximum Gasteiger partial charge on any atom is 0.389 e. The molecule has 0 aromatic carbocycles. The number of alkyl halides is 7. The van der Waals surface area contributed by atoms with Crippen molar-refractivity contribution in [3.8, 4) is 0 Å². The first kappa shape index (κ1) is 29.1. The predicted octanol–water partition coefficient (Wildman–Crippen LogP) is 4.71. The first-order valence-electron chi connectivity index (χ1n) is 12.3. The largest absolute Gasteiger partial charge is 0.389 e. The van der Waals surface area contributed by atoms with Crippen molar-refractivity contribution >= 4 is 17.5 Å². The highest BCUT2D eigenvalue weighted by Crippen LogP contribution is 2.41. The van der Waals surface area contributed by atoms with Gasteiger partial charge in [-0.2, -0.15) is 18.3 Å². The minimum atomic E-state index is -4.46. The molecule has 0 aliphatic heterocycles. The van der Waals surface area contributed by atoms with Crippen LogP contribution in [0.4, 0.5) is 30.7 Å². The fraction of sp³-hybridized carbons (Fsp3) is 0.500. The lowest BCUT2D eigenvalue weighted by Gasteiger charge is -2.33. The number of amides is 2. The number of rotatable bonds is 9. The molecule has 0 saturated heterocycles. The Kier molecular flexibility index (Phi) is 8.54. The minimum Gasteiger partial charge on any atom is -0.352 e. The van der Waals surface area contributed by atoms with Gasteiger partial charge in [0.1, 0.15) is 17.7 Å². The molecule has 1 fully saturated rings. The number of fused-ring (bicyclic) bond motifs is 1. The summed E-state index contributed by atoms with van der Waals surface area (Å²) in [6.45, 7) is -0.111. The summed E-state index contributed by atoms with van der Waals surface area (Å²) in [6, 6.07) is 1.47. The summed E-state index contributed by atoms with van der Waals surface area (Å²) in [4.78, 5) is 36.3. The fourth-order valence-corrected chi connectivity index (χ4v) is 4.39. The van der Waals surface area contributed by atoms with Crippen molar-refractivity contribution in [3.05, 3.63) is 53.5 Å². The SMILES string of the molecule is O=C(CCC(F)(F)F)NCc1cnn2cc([C@@H](NC(=O)c3cc(C(F)F)ncn3)C3CCC(F)(F)CC3)nc2c1. The lowest BCUT2D eigenvalue weighted by atomic mass is 9.81. The van der Waals surface area contributed by atoms with Crippen molar-refractivity contribution in [2.45, 2.75) is 69.6 Å². The Morgan fingerprint density at radius 1 is 1.10 bits per heavy atom. The molecule has 0 radical (unpaired) electrons. The van der Waals surface area contributed by atoms with E-state index in [1.807, 2.05) is 0 Å². The number of hydrogen-bond acceptors (Lipinski definition) is 6. The van der Waals surface area contributed by atoms with Crippen LogP contribution in [-0.2, 0) is 11.3 Å². The van der Waals surface area contributed by atoms with E-state index >= 15 is 0 Å². The normalized spacial score (nSPS) is 16.7. The minimum absolute atomic E-state index is 0.0561. The lowest BCUT2D eigenvalue weighted by molar-refractivity contribution is -0.144. The number of carbonyl (C=O) groups excluding carboxylic acids is 2. The van der Waals surface area contributed by atoms with Crippen LogP contribution >= 0.6 is 0 Å². The summed E-state index contributed by atoms with van der Waals surface area (Å²) in [5.74, 6) is -4.92. The van der Waals surface area contributed by atoms with Crippen LogP contribution in [0.15, 0.2) is 30.9 Å². The summed E-state index contributed by atoms with van der Waals surface area (Å²) < 4.78 is 92.1. The third-order valence-electron chi connectivity index (χ3n) is 6.50. The molecule has 16 heteroatoms. The predicted molar refractivity (Wildman–Crippen MR) is 124 cm³/mol. The zero-order chi connectivity index (χ0) is 29.1. The van der Waals surface area contributed by atoms with Gasteiger partial charge >= 0.3 is 6.18 Å². The highest BCUT2D eigenvalue weighted by molar-refractivity contribution is 5.92. The van der Waals surface area contributed by atoms with Gasteiger partial charge in [-0.25, -0.2) is 37.0 Å². The highest BCUT2D eigenvalue weighted by atomic mass is 19.4. The van der Waals surface area contributed by atoms with Gasteiger partial charge in [0, 0.05) is 25.8 Å². The summed E-state index contributed by atoms with van der Waals surface area (Å²) >= 11 is 0. The maximum absolute atomic E-state index is 13.8. The second kappa shape index (κ2) is 11.7. The molecule has 216 valence electrons. The smallest absolute Gasteiger partial charge is 0.352 e. The molecule has 2 amide bonds. The standard InChI is InChI=1S/C24H24F7N7O2/c25-21(26)15-8-16(34-12-33-15)22(40)37-20(14-1-4-23(27,28)5-2-14)17-11-38-18(36-17)7-13(10-35-38)9-32-19(39)3-6-24(29,30)31/h7-8,10-12,14,20-21H,1-6,9H2,(H,32,39)(H,37,40)/t20-/m0/s1. The van der Waals surface area contributed by atoms with E-state index < -0.39 is 73.7 Å². The van der Waals surface area contributed by atoms with Crippen LogP contribution in [0, 0.1) is 5.92 Å². The van der Waals surface area contributed by atoms with Gasteiger partial charge < -0.3 is 10.6 Å². The zero-order valence-electron chi connectivity index (χ0n) is 20.8. The molecule has 2 N–H and O–H groups in total. The van der Waals surface area contributed by atoms with Gasteiger partial charge in [0.25, 0.3) is 12.3 Å². The number of imidazole rings is 1. The van der Waals surface area contributed by atoms with Crippen LogP contribution in [0.2, 0.25) is 0 Å². The van der Waals surface area contributed by atoms with Gasteiger partial charge in [0.2, 0.25) is 11.8 Å². The zero-order valence-corrected chi connectivity index (χ0v) is 20.8. The lowest BCUT2D eigenvalue weighted by Crippen LogP contribution is -2.37. The van der Waals surface area contributed by atoms with Crippen LogP contribution in [-0.4, -0.2) is 48.5 Å². The number of nitrogens with one attached hydrogen (secondary N) is 2. The molecule has 0 bridgehead atoms. The van der Waals surface area contributed by atoms with Crippen molar-refractivity contribution in [2.24, 2.45) is 5.92 Å². The highest BCUT2D eigenvalue weighted by Gasteiger charge is 2.39. The van der Waals surface area contributed by atoms with Gasteiger partial charge in [0.05, 0.1) is 30.6 Å². The first-order valence-corrected chi connectivity index (χ1v) is 12.3. The van der Waals surface area contributed by atoms with Gasteiger partial charge in [0.15, 0.2) is 5.65 Å². The summed E-state index contributed by atoms with van der Waals surface area (Å²) in [6.07, 6.45) is -6.40. The number of halogens is 7. The Balaban J connectivity index is 1.54. The van der Waals surface area contributed by atoms with E-state index in [-0.39, 0.29) is 36.4 Å². The summed E-state index contributed by atoms with van der Waals surface area (Å²) in [5, 5.41) is 9.23. The van der Waals surface area contributed by atoms with Crippen LogP contribution in [0.1, 0.15) is 78.4 Å². The Morgan fingerprint density at radius 2 is 1.82 bits per heavy atom. The number of carbonyl (C=O) groups is 2. The van der Waals surface area contributed by atoms with Crippen molar-refractivity contribution in [2.75, 3.05) is 0 Å². The molecule has 1 atom stereocenters. The Bertz CT molecular complexity index is 1350. The average Bonchev–Trinajstić information content (AvgIpc) is 3.32. The maximum atomic E-state index is 13.8. The molecular formula is C24H24F7N7O2. The van der Waals surface area contributed by atoms with Gasteiger partial charge in [-0.3, -0.25) is 9.59 Å². The van der Waals surface area contributed by atoms with Gasteiger partial charge in [-0.15, -0.1) is 0 Å². The van der Waals surface area contributed by atoms with Crippen molar-refractivity contribution in [1.29, 1.82) is 0 Å². The van der Waals surface area contributed by atoms with Crippen molar-refractivity contribution in [3.63, 3.8) is 0 Å². The third kappa shape index (κ3) is 7.63. The molecule has 9 nitrogen and oxygen atoms in total. The molecule has 0 unspecified atom stereocenters. The van der Waals surface area contributed by atoms with E-state index in [9.17, 15) is 40.3 Å². The first-order chi connectivity index (χ1) is 18.8. The average molecular weight is 575 g/mol. The number of hydrogen-bond donors (Lipinski definition) is 2. The van der Waals surface area contributed by atoms with Gasteiger partial charge in [-0.1, -0.05) is 0 Å². The molecule has 3 aromatic rings. The van der Waals surface area contributed by atoms with E-state index in [1.54, 1.807) is 0 Å². The third-order valence-corrected chi connectivity index (χ3v) is 6.50. The Morgan fingerprint density at radius 3 is 2.50 bits per heavy atom. The second-order valence-corrected chi connectivity index (χ2v) is 9.50.